The van der Waals surface area contributed by atoms with E-state index in [1.165, 1.54) is 17.8 Å². The van der Waals surface area contributed by atoms with Crippen LogP contribution < -0.4 is 0 Å². The number of carbonyl (C=O) groups excluding carboxylic acids is 1. The molecule has 2 heterocycles. The number of ether oxygens (including phenoxy) is 1. The summed E-state index contributed by atoms with van der Waals surface area (Å²) in [5, 5.41) is 0. The van der Waals surface area contributed by atoms with Crippen LogP contribution in [0.2, 0.25) is 0 Å². The molecule has 1 saturated carbocycles. The van der Waals surface area contributed by atoms with Gasteiger partial charge in [-0.3, -0.25) is 4.98 Å². The van der Waals surface area contributed by atoms with Gasteiger partial charge in [0, 0.05) is 29.6 Å². The first-order valence-electron chi connectivity index (χ1n) is 8.32. The molecule has 142 valence electrons. The van der Waals surface area contributed by atoms with Crippen LogP contribution in [0.3, 0.4) is 0 Å². The molecule has 0 atom stereocenters. The van der Waals surface area contributed by atoms with Crippen molar-refractivity contribution in [3.63, 3.8) is 0 Å². The molecule has 0 radical (unpaired) electrons. The van der Waals surface area contributed by atoms with E-state index in [1.807, 2.05) is 26.8 Å². The van der Waals surface area contributed by atoms with E-state index in [9.17, 15) is 18.0 Å². The van der Waals surface area contributed by atoms with Crippen LogP contribution in [0.15, 0.2) is 28.8 Å². The molecule has 0 unspecified atom stereocenters. The first-order valence-corrected chi connectivity index (χ1v) is 9.14. The number of likely N-dealkylation sites (tertiary alicyclic amines) is 1. The van der Waals surface area contributed by atoms with Crippen LogP contribution in [0.25, 0.3) is 6.08 Å². The SMILES string of the molecule is CC(C)(C)OC(=O)N1CC2(CC(=Cc3ccc(SC(F)(F)F)cn3)C2)C1. The molecule has 26 heavy (non-hydrogen) atoms. The zero-order chi connectivity index (χ0) is 19.2. The van der Waals surface area contributed by atoms with E-state index < -0.39 is 11.1 Å². The molecule has 1 spiro atoms. The number of carbonyl (C=O) groups is 1. The fourth-order valence-corrected chi connectivity index (χ4v) is 3.85. The number of alkyl halides is 3. The lowest BCUT2D eigenvalue weighted by atomic mass is 9.60. The van der Waals surface area contributed by atoms with Gasteiger partial charge in [0.05, 0.1) is 5.69 Å². The molecule has 0 N–H and O–H groups in total. The lowest BCUT2D eigenvalue weighted by Gasteiger charge is -2.56. The number of amides is 1. The Kier molecular flexibility index (Phi) is 4.75. The molecule has 1 aliphatic carbocycles. The topological polar surface area (TPSA) is 42.4 Å². The van der Waals surface area contributed by atoms with Gasteiger partial charge < -0.3 is 9.64 Å². The van der Waals surface area contributed by atoms with Gasteiger partial charge in [-0.15, -0.1) is 0 Å². The molecule has 1 aromatic rings. The quantitative estimate of drug-likeness (QED) is 0.663. The van der Waals surface area contributed by atoms with Gasteiger partial charge in [0.2, 0.25) is 0 Å². The summed E-state index contributed by atoms with van der Waals surface area (Å²) >= 11 is -0.165. The van der Waals surface area contributed by atoms with Crippen molar-refractivity contribution in [2.75, 3.05) is 13.1 Å². The van der Waals surface area contributed by atoms with Crippen molar-refractivity contribution in [2.24, 2.45) is 5.41 Å². The van der Waals surface area contributed by atoms with E-state index in [4.69, 9.17) is 4.74 Å². The van der Waals surface area contributed by atoms with Crippen molar-refractivity contribution in [3.8, 4) is 0 Å². The van der Waals surface area contributed by atoms with Crippen LogP contribution in [0.5, 0.6) is 0 Å². The molecule has 1 saturated heterocycles. The molecular formula is C18H21F3N2O2S. The minimum atomic E-state index is -4.30. The highest BCUT2D eigenvalue weighted by Crippen LogP contribution is 2.52. The second-order valence-electron chi connectivity index (χ2n) is 7.96. The van der Waals surface area contributed by atoms with Gasteiger partial charge in [-0.25, -0.2) is 4.79 Å². The van der Waals surface area contributed by atoms with Crippen molar-refractivity contribution in [1.29, 1.82) is 0 Å². The summed E-state index contributed by atoms with van der Waals surface area (Å²) in [5.41, 5.74) is -2.80. The van der Waals surface area contributed by atoms with E-state index in [-0.39, 0.29) is 28.2 Å². The second kappa shape index (κ2) is 6.48. The van der Waals surface area contributed by atoms with E-state index >= 15 is 0 Å². The number of rotatable bonds is 2. The minimum absolute atomic E-state index is 0.0803. The van der Waals surface area contributed by atoms with Crippen LogP contribution in [0.4, 0.5) is 18.0 Å². The average Bonchev–Trinajstić information content (AvgIpc) is 2.38. The maximum Gasteiger partial charge on any atom is 0.446 e. The standard InChI is InChI=1S/C18H21F3N2O2S/c1-16(2,3)25-15(24)23-10-17(11-23)7-12(8-17)6-13-4-5-14(9-22-13)26-18(19,20)21/h4-6,9H,7-8,10-11H2,1-3H3. The number of hydrogen-bond acceptors (Lipinski definition) is 4. The van der Waals surface area contributed by atoms with Gasteiger partial charge in [0.25, 0.3) is 0 Å². The molecule has 2 aliphatic rings. The number of hydrogen-bond donors (Lipinski definition) is 0. The number of thioether (sulfide) groups is 1. The molecule has 1 amide bonds. The number of aromatic nitrogens is 1. The molecule has 8 heteroatoms. The fourth-order valence-electron chi connectivity index (χ4n) is 3.34. The molecule has 1 aliphatic heterocycles. The van der Waals surface area contributed by atoms with E-state index in [0.717, 1.165) is 12.8 Å². The average molecular weight is 386 g/mol. The summed E-state index contributed by atoms with van der Waals surface area (Å²) < 4.78 is 42.3. The van der Waals surface area contributed by atoms with Crippen LogP contribution in [-0.4, -0.2) is 40.2 Å². The minimum Gasteiger partial charge on any atom is -0.444 e. The Morgan fingerprint density at radius 2 is 1.92 bits per heavy atom. The Bertz CT molecular complexity index is 707. The maximum atomic E-state index is 12.3. The van der Waals surface area contributed by atoms with Gasteiger partial charge in [0.1, 0.15) is 5.60 Å². The third-order valence-corrected chi connectivity index (χ3v) is 4.96. The number of pyridine rings is 1. The van der Waals surface area contributed by atoms with Crippen molar-refractivity contribution in [3.05, 3.63) is 29.6 Å². The highest BCUT2D eigenvalue weighted by Gasteiger charge is 2.52. The third-order valence-electron chi connectivity index (χ3n) is 4.25. The number of halogens is 3. The van der Waals surface area contributed by atoms with Gasteiger partial charge in [-0.2, -0.15) is 13.2 Å². The molecule has 4 nitrogen and oxygen atoms in total. The van der Waals surface area contributed by atoms with Gasteiger partial charge in [-0.1, -0.05) is 5.57 Å². The zero-order valence-corrected chi connectivity index (χ0v) is 15.7. The van der Waals surface area contributed by atoms with Crippen LogP contribution in [0, 0.1) is 5.41 Å². The summed E-state index contributed by atoms with van der Waals surface area (Å²) in [6.45, 7) is 6.91. The molecule has 2 fully saturated rings. The summed E-state index contributed by atoms with van der Waals surface area (Å²) in [5.74, 6) is 0. The lowest BCUT2D eigenvalue weighted by molar-refractivity contribution is -0.0499. The van der Waals surface area contributed by atoms with Gasteiger partial charge >= 0.3 is 11.6 Å². The molecular weight excluding hydrogens is 365 g/mol. The second-order valence-corrected chi connectivity index (χ2v) is 9.10. The number of nitrogens with zero attached hydrogens (tertiary/aromatic N) is 2. The summed E-state index contributed by atoms with van der Waals surface area (Å²) in [4.78, 5) is 17.8. The molecule has 1 aromatic heterocycles. The van der Waals surface area contributed by atoms with Crippen LogP contribution in [0.1, 0.15) is 39.3 Å². The molecule has 0 bridgehead atoms. The highest BCUT2D eigenvalue weighted by atomic mass is 32.2. The first-order chi connectivity index (χ1) is 11.9. The Labute approximate surface area is 154 Å². The zero-order valence-electron chi connectivity index (χ0n) is 14.9. The van der Waals surface area contributed by atoms with Crippen LogP contribution in [-0.2, 0) is 4.74 Å². The Balaban J connectivity index is 1.49. The van der Waals surface area contributed by atoms with Crippen molar-refractivity contribution in [1.82, 2.24) is 9.88 Å². The van der Waals surface area contributed by atoms with Crippen molar-refractivity contribution >= 4 is 23.9 Å². The molecule has 3 rings (SSSR count). The number of allylic oxidation sites excluding steroid dienone is 1. The Morgan fingerprint density at radius 1 is 1.27 bits per heavy atom. The van der Waals surface area contributed by atoms with Gasteiger partial charge in [-0.05, 0) is 63.6 Å². The summed E-state index contributed by atoms with van der Waals surface area (Å²) in [6, 6.07) is 3.03. The highest BCUT2D eigenvalue weighted by molar-refractivity contribution is 8.00. The van der Waals surface area contributed by atoms with E-state index in [1.54, 1.807) is 11.0 Å². The van der Waals surface area contributed by atoms with Crippen molar-refractivity contribution in [2.45, 2.75) is 49.6 Å². The maximum absolute atomic E-state index is 12.3. The lowest BCUT2D eigenvalue weighted by Crippen LogP contribution is -2.62. The smallest absolute Gasteiger partial charge is 0.444 e. The third kappa shape index (κ3) is 4.72. The summed E-state index contributed by atoms with van der Waals surface area (Å²) in [7, 11) is 0. The normalized spacial score (nSPS) is 19.0. The predicted molar refractivity (Wildman–Crippen MR) is 93.6 cm³/mol. The Morgan fingerprint density at radius 3 is 2.42 bits per heavy atom. The largest absolute Gasteiger partial charge is 0.446 e. The summed E-state index contributed by atoms with van der Waals surface area (Å²) in [6.07, 6.45) is 4.65. The Hall–Kier alpha value is -1.70. The van der Waals surface area contributed by atoms with Crippen LogP contribution >= 0.6 is 11.8 Å². The first kappa shape index (κ1) is 19.1. The predicted octanol–water partition coefficient (Wildman–Crippen LogP) is 5.11. The fraction of sp³-hybridized carbons (Fsp3) is 0.556. The monoisotopic (exact) mass is 386 g/mol. The van der Waals surface area contributed by atoms with Gasteiger partial charge in [0.15, 0.2) is 0 Å². The van der Waals surface area contributed by atoms with Crippen molar-refractivity contribution < 1.29 is 22.7 Å². The van der Waals surface area contributed by atoms with E-state index in [2.05, 4.69) is 4.98 Å². The van der Waals surface area contributed by atoms with E-state index in [0.29, 0.717) is 18.8 Å². The molecule has 0 aromatic carbocycles.